The molecule has 3 saturated heterocycles. The van der Waals surface area contributed by atoms with Gasteiger partial charge in [-0.3, -0.25) is 9.59 Å². The minimum Gasteiger partial charge on any atom is -0.392 e. The normalized spacial score (nSPS) is 22.0. The van der Waals surface area contributed by atoms with Gasteiger partial charge in [0.1, 0.15) is 5.54 Å². The summed E-state index contributed by atoms with van der Waals surface area (Å²) in [5.41, 5.74) is 6.02. The van der Waals surface area contributed by atoms with E-state index in [0.717, 1.165) is 65.0 Å². The number of carbonyl (C=O) groups is 2. The Kier molecular flexibility index (Phi) is 11.1. The first kappa shape index (κ1) is 36.7. The predicted molar refractivity (Wildman–Crippen MR) is 203 cm³/mol. The van der Waals surface area contributed by atoms with Crippen molar-refractivity contribution in [2.75, 3.05) is 31.2 Å². The highest BCUT2D eigenvalue weighted by Crippen LogP contribution is 2.41. The van der Waals surface area contributed by atoms with Crippen LogP contribution in [0.4, 0.5) is 5.69 Å². The number of hydrogen-bond acceptors (Lipinski definition) is 7. The highest BCUT2D eigenvalue weighted by atomic mass is 35.6. The Hall–Kier alpha value is -3.67. The van der Waals surface area contributed by atoms with Gasteiger partial charge in [-0.25, -0.2) is 0 Å². The Morgan fingerprint density at radius 2 is 1.56 bits per heavy atom. The Balaban J connectivity index is 1.07. The fourth-order valence-corrected chi connectivity index (χ4v) is 7.71. The first-order chi connectivity index (χ1) is 25.1. The number of hydrogen-bond donors (Lipinski definition) is 3. The average Bonchev–Trinajstić information content (AvgIpc) is 3.49. The van der Waals surface area contributed by atoms with E-state index in [1.807, 2.05) is 91.0 Å². The molecular formula is C40H41Cl3N4O5. The lowest BCUT2D eigenvalue weighted by molar-refractivity contribution is -0.253. The van der Waals surface area contributed by atoms with Crippen molar-refractivity contribution in [2.24, 2.45) is 0 Å². The topological polar surface area (TPSA) is 103 Å². The molecule has 3 atom stereocenters. The number of ether oxygens (including phenoxy) is 2. The maximum Gasteiger partial charge on any atom is 0.272 e. The van der Waals surface area contributed by atoms with Gasteiger partial charge in [0.2, 0.25) is 5.91 Å². The molecule has 4 aromatic carbocycles. The third-order valence-corrected chi connectivity index (χ3v) is 10.9. The molecule has 1 spiro atoms. The van der Waals surface area contributed by atoms with E-state index in [1.54, 1.807) is 0 Å². The van der Waals surface area contributed by atoms with Gasteiger partial charge in [0.05, 0.1) is 25.5 Å². The fourth-order valence-electron chi connectivity index (χ4n) is 7.51. The minimum absolute atomic E-state index is 0.0227. The van der Waals surface area contributed by atoms with E-state index in [1.165, 1.54) is 0 Å². The molecule has 3 aliphatic heterocycles. The molecule has 0 saturated carbocycles. The van der Waals surface area contributed by atoms with Crippen molar-refractivity contribution >= 4 is 52.3 Å². The number of nitrogens with zero attached hydrogens (tertiary/aromatic N) is 2. The Morgan fingerprint density at radius 1 is 0.885 bits per heavy atom. The molecule has 0 bridgehead atoms. The van der Waals surface area contributed by atoms with Crippen molar-refractivity contribution in [2.45, 2.75) is 60.2 Å². The molecule has 3 fully saturated rings. The summed E-state index contributed by atoms with van der Waals surface area (Å²) in [7, 11) is 0. The van der Waals surface area contributed by atoms with Crippen molar-refractivity contribution in [1.29, 1.82) is 0 Å². The lowest BCUT2D eigenvalue weighted by Crippen LogP contribution is -2.57. The van der Waals surface area contributed by atoms with Crippen LogP contribution in [-0.4, -0.2) is 63.6 Å². The van der Waals surface area contributed by atoms with Crippen LogP contribution in [0, 0.1) is 0 Å². The van der Waals surface area contributed by atoms with E-state index in [0.29, 0.717) is 19.6 Å². The quantitative estimate of drug-likeness (QED) is 0.161. The second-order valence-corrected chi connectivity index (χ2v) is 15.9. The number of alkyl halides is 3. The SMILES string of the molecule is O=C(NCc1ccccc1-c1ccc([C@@H]2O[C@H](CN3CCC4(CC3)C(=O)NCN4c3ccccc3)C[C@H](c3ccc(CO)cc3)O2)cc1)C(Cl)(Cl)Cl. The second-order valence-electron chi connectivity index (χ2n) is 13.6. The summed E-state index contributed by atoms with van der Waals surface area (Å²) in [5.74, 6) is -0.588. The van der Waals surface area contributed by atoms with Gasteiger partial charge in [-0.1, -0.05) is 126 Å². The van der Waals surface area contributed by atoms with Gasteiger partial charge in [-0.2, -0.15) is 0 Å². The zero-order chi connectivity index (χ0) is 36.3. The summed E-state index contributed by atoms with van der Waals surface area (Å²) >= 11 is 17.2. The fraction of sp³-hybridized carbons (Fsp3) is 0.350. The van der Waals surface area contributed by atoms with E-state index >= 15 is 0 Å². The molecule has 0 radical (unpaired) electrons. The first-order valence-electron chi connectivity index (χ1n) is 17.5. The molecule has 7 rings (SSSR count). The molecule has 3 N–H and O–H groups in total. The van der Waals surface area contributed by atoms with Crippen molar-refractivity contribution in [3.63, 3.8) is 0 Å². The van der Waals surface area contributed by atoms with E-state index in [2.05, 4.69) is 32.6 Å². The monoisotopic (exact) mass is 762 g/mol. The Bertz CT molecular complexity index is 1850. The molecule has 52 heavy (non-hydrogen) atoms. The summed E-state index contributed by atoms with van der Waals surface area (Å²) in [4.78, 5) is 30.1. The van der Waals surface area contributed by atoms with Crippen LogP contribution < -0.4 is 15.5 Å². The number of nitrogens with one attached hydrogen (secondary N) is 2. The molecule has 272 valence electrons. The number of amides is 2. The second kappa shape index (κ2) is 15.7. The molecule has 3 aliphatic rings. The number of carbonyl (C=O) groups excluding carboxylic acids is 2. The smallest absolute Gasteiger partial charge is 0.272 e. The van der Waals surface area contributed by atoms with Gasteiger partial charge in [0.15, 0.2) is 6.29 Å². The maximum atomic E-state index is 13.2. The molecule has 0 aromatic heterocycles. The van der Waals surface area contributed by atoms with Crippen molar-refractivity contribution in [1.82, 2.24) is 15.5 Å². The van der Waals surface area contributed by atoms with E-state index in [4.69, 9.17) is 44.3 Å². The van der Waals surface area contributed by atoms with Gasteiger partial charge < -0.3 is 35.0 Å². The molecule has 4 aromatic rings. The summed E-state index contributed by atoms with van der Waals surface area (Å²) in [5, 5.41) is 15.4. The summed E-state index contributed by atoms with van der Waals surface area (Å²) in [6.45, 7) is 2.94. The number of piperidine rings is 1. The number of anilines is 1. The molecule has 0 unspecified atom stereocenters. The third-order valence-electron chi connectivity index (χ3n) is 10.4. The van der Waals surface area contributed by atoms with E-state index in [-0.39, 0.29) is 31.3 Å². The molecule has 0 aliphatic carbocycles. The lowest BCUT2D eigenvalue weighted by Gasteiger charge is -2.45. The Morgan fingerprint density at radius 3 is 2.25 bits per heavy atom. The molecular weight excluding hydrogens is 723 g/mol. The number of likely N-dealkylation sites (tertiary alicyclic amines) is 1. The zero-order valence-electron chi connectivity index (χ0n) is 28.5. The molecule has 3 heterocycles. The van der Waals surface area contributed by atoms with Crippen LogP contribution in [-0.2, 0) is 32.2 Å². The van der Waals surface area contributed by atoms with Gasteiger partial charge in [0, 0.05) is 43.9 Å². The van der Waals surface area contributed by atoms with Crippen LogP contribution in [0.2, 0.25) is 0 Å². The van der Waals surface area contributed by atoms with Crippen LogP contribution in [0.15, 0.2) is 103 Å². The number of aliphatic hydroxyl groups excluding tert-OH is 1. The minimum atomic E-state index is -2.04. The maximum absolute atomic E-state index is 13.2. The van der Waals surface area contributed by atoms with Crippen LogP contribution >= 0.6 is 34.8 Å². The number of aliphatic hydroxyl groups is 1. The van der Waals surface area contributed by atoms with Crippen LogP contribution in [0.5, 0.6) is 0 Å². The lowest BCUT2D eigenvalue weighted by atomic mass is 9.85. The van der Waals surface area contributed by atoms with Crippen molar-refractivity contribution in [3.8, 4) is 11.1 Å². The van der Waals surface area contributed by atoms with Crippen molar-refractivity contribution in [3.05, 3.63) is 125 Å². The predicted octanol–water partition coefficient (Wildman–Crippen LogP) is 6.81. The van der Waals surface area contributed by atoms with Gasteiger partial charge in [0.25, 0.3) is 9.70 Å². The number of rotatable bonds is 9. The summed E-state index contributed by atoms with van der Waals surface area (Å²) < 4.78 is 11.3. The van der Waals surface area contributed by atoms with Crippen molar-refractivity contribution < 1.29 is 24.2 Å². The number of para-hydroxylation sites is 1. The molecule has 2 amide bonds. The van der Waals surface area contributed by atoms with Gasteiger partial charge in [-0.05, 0) is 52.8 Å². The van der Waals surface area contributed by atoms with Crippen LogP contribution in [0.3, 0.4) is 0 Å². The molecule has 12 heteroatoms. The van der Waals surface area contributed by atoms with Crippen LogP contribution in [0.25, 0.3) is 11.1 Å². The van der Waals surface area contributed by atoms with Crippen LogP contribution in [0.1, 0.15) is 53.9 Å². The van der Waals surface area contributed by atoms with Gasteiger partial charge >= 0.3 is 0 Å². The third kappa shape index (κ3) is 7.96. The highest BCUT2D eigenvalue weighted by Gasteiger charge is 2.50. The zero-order valence-corrected chi connectivity index (χ0v) is 30.8. The highest BCUT2D eigenvalue weighted by molar-refractivity contribution is 6.76. The molecule has 9 nitrogen and oxygen atoms in total. The van der Waals surface area contributed by atoms with Gasteiger partial charge in [-0.15, -0.1) is 0 Å². The summed E-state index contributed by atoms with van der Waals surface area (Å²) in [6.07, 6.45) is 1.16. The largest absolute Gasteiger partial charge is 0.392 e. The number of halogens is 3. The number of benzene rings is 4. The standard InChI is InChI=1S/C40H41Cl3N4O5/c41-40(42,43)38(50)44-23-31-6-4-5-9-34(31)28-14-16-30(17-15-28)36-51-33(22-35(52-36)29-12-10-27(25-48)11-13-29)24-46-20-18-39(19-21-46)37(49)45-26-47(39)32-7-2-1-3-8-32/h1-17,33,35-36,48H,18-26H2,(H,44,50)(H,45,49)/t33-,35+,36+/m0/s1. The Labute approximate surface area is 318 Å². The average molecular weight is 764 g/mol. The first-order valence-corrected chi connectivity index (χ1v) is 18.6. The summed E-state index contributed by atoms with van der Waals surface area (Å²) in [6, 6.07) is 33.8. The van der Waals surface area contributed by atoms with E-state index in [9.17, 15) is 14.7 Å². The van der Waals surface area contributed by atoms with E-state index < -0.39 is 21.5 Å².